The monoisotopic (exact) mass is 286 g/mol. The van der Waals surface area contributed by atoms with Gasteiger partial charge in [0.15, 0.2) is 0 Å². The highest BCUT2D eigenvalue weighted by atomic mass is 79.9. The van der Waals surface area contributed by atoms with E-state index in [-0.39, 0.29) is 5.82 Å². The Morgan fingerprint density at radius 3 is 3.00 bits per heavy atom. The van der Waals surface area contributed by atoms with Crippen LogP contribution in [0.25, 0.3) is 0 Å². The molecular weight excluding hydrogens is 271 g/mol. The van der Waals surface area contributed by atoms with E-state index in [0.29, 0.717) is 10.5 Å². The minimum absolute atomic E-state index is 0.204. The second-order valence-corrected chi connectivity index (χ2v) is 5.23. The third kappa shape index (κ3) is 3.03. The molecule has 1 unspecified atom stereocenters. The van der Waals surface area contributed by atoms with Gasteiger partial charge in [0.05, 0.1) is 4.47 Å². The Balaban J connectivity index is 1.87. The molecule has 88 valence electrons. The maximum absolute atomic E-state index is 13.0. The Morgan fingerprint density at radius 1 is 1.56 bits per heavy atom. The van der Waals surface area contributed by atoms with Crippen molar-refractivity contribution in [2.75, 3.05) is 20.1 Å². The molecule has 0 amide bonds. The van der Waals surface area contributed by atoms with Crippen LogP contribution in [0.3, 0.4) is 0 Å². The molecule has 1 aliphatic heterocycles. The molecule has 1 N–H and O–H groups in total. The molecule has 2 rings (SSSR count). The molecule has 1 aromatic carbocycles. The Labute approximate surface area is 104 Å². The molecule has 1 aliphatic rings. The fourth-order valence-electron chi connectivity index (χ4n) is 2.01. The highest BCUT2D eigenvalue weighted by Crippen LogP contribution is 2.17. The summed E-state index contributed by atoms with van der Waals surface area (Å²) >= 11 is 3.20. The normalized spacial score (nSPS) is 21.6. The molecule has 0 radical (unpaired) electrons. The van der Waals surface area contributed by atoms with Crippen molar-refractivity contribution in [1.82, 2.24) is 10.2 Å². The lowest BCUT2D eigenvalue weighted by Gasteiger charge is -2.12. The maximum atomic E-state index is 13.0. The summed E-state index contributed by atoms with van der Waals surface area (Å²) in [7, 11) is 2.14. The van der Waals surface area contributed by atoms with Gasteiger partial charge in [-0.25, -0.2) is 4.39 Å². The molecule has 0 bridgehead atoms. The zero-order valence-electron chi connectivity index (χ0n) is 9.34. The van der Waals surface area contributed by atoms with E-state index in [1.54, 1.807) is 0 Å². The number of benzene rings is 1. The maximum Gasteiger partial charge on any atom is 0.137 e. The van der Waals surface area contributed by atoms with Crippen LogP contribution in [0.2, 0.25) is 0 Å². The van der Waals surface area contributed by atoms with Crippen LogP contribution in [0.15, 0.2) is 22.7 Å². The molecule has 1 saturated heterocycles. The molecule has 0 spiro atoms. The van der Waals surface area contributed by atoms with Crippen molar-refractivity contribution in [2.24, 2.45) is 0 Å². The summed E-state index contributed by atoms with van der Waals surface area (Å²) < 4.78 is 13.6. The van der Waals surface area contributed by atoms with Gasteiger partial charge < -0.3 is 10.2 Å². The summed E-state index contributed by atoms with van der Waals surface area (Å²) in [6.45, 7) is 3.06. The molecule has 0 saturated carbocycles. The van der Waals surface area contributed by atoms with Crippen molar-refractivity contribution in [1.29, 1.82) is 0 Å². The summed E-state index contributed by atoms with van der Waals surface area (Å²) in [6.07, 6.45) is 1.19. The third-order valence-corrected chi connectivity index (χ3v) is 3.58. The van der Waals surface area contributed by atoms with Crippen LogP contribution in [0, 0.1) is 5.82 Å². The Bertz CT molecular complexity index is 370. The Kier molecular flexibility index (Phi) is 3.95. The lowest BCUT2D eigenvalue weighted by Crippen LogP contribution is -2.30. The number of likely N-dealkylation sites (tertiary alicyclic amines) is 1. The predicted octanol–water partition coefficient (Wildman–Crippen LogP) is 2.38. The van der Waals surface area contributed by atoms with Crippen LogP contribution in [0.5, 0.6) is 0 Å². The first kappa shape index (κ1) is 12.0. The molecule has 4 heteroatoms. The first-order valence-corrected chi connectivity index (χ1v) is 6.30. The predicted molar refractivity (Wildman–Crippen MR) is 66.8 cm³/mol. The fourth-order valence-corrected chi connectivity index (χ4v) is 2.44. The van der Waals surface area contributed by atoms with Crippen molar-refractivity contribution in [2.45, 2.75) is 19.0 Å². The highest BCUT2D eigenvalue weighted by molar-refractivity contribution is 9.10. The zero-order chi connectivity index (χ0) is 11.5. The molecule has 0 aliphatic carbocycles. The van der Waals surface area contributed by atoms with Crippen LogP contribution >= 0.6 is 15.9 Å². The van der Waals surface area contributed by atoms with E-state index in [0.717, 1.165) is 25.2 Å². The van der Waals surface area contributed by atoms with Crippen molar-refractivity contribution in [3.8, 4) is 0 Å². The van der Waals surface area contributed by atoms with Gasteiger partial charge >= 0.3 is 0 Å². The molecule has 1 fully saturated rings. The molecule has 1 aromatic rings. The first-order valence-electron chi connectivity index (χ1n) is 5.51. The number of likely N-dealkylation sites (N-methyl/N-ethyl adjacent to an activating group) is 1. The first-order chi connectivity index (χ1) is 7.65. The number of halogens is 2. The molecule has 16 heavy (non-hydrogen) atoms. The smallest absolute Gasteiger partial charge is 0.137 e. The van der Waals surface area contributed by atoms with Crippen LogP contribution in [-0.4, -0.2) is 31.1 Å². The lowest BCUT2D eigenvalue weighted by molar-refractivity contribution is 0.397. The van der Waals surface area contributed by atoms with Gasteiger partial charge in [-0.2, -0.15) is 0 Å². The van der Waals surface area contributed by atoms with Crippen molar-refractivity contribution in [3.63, 3.8) is 0 Å². The number of nitrogens with zero attached hydrogens (tertiary/aromatic N) is 1. The average molecular weight is 287 g/mol. The van der Waals surface area contributed by atoms with E-state index in [1.165, 1.54) is 12.5 Å². The Hall–Kier alpha value is -0.450. The van der Waals surface area contributed by atoms with Crippen molar-refractivity contribution >= 4 is 15.9 Å². The van der Waals surface area contributed by atoms with Gasteiger partial charge in [0, 0.05) is 19.1 Å². The zero-order valence-corrected chi connectivity index (χ0v) is 10.9. The number of rotatable bonds is 3. The van der Waals surface area contributed by atoms with Gasteiger partial charge in [-0.15, -0.1) is 0 Å². The number of nitrogens with one attached hydrogen (secondary N) is 1. The highest BCUT2D eigenvalue weighted by Gasteiger charge is 2.18. The summed E-state index contributed by atoms with van der Waals surface area (Å²) in [5, 5.41) is 3.49. The summed E-state index contributed by atoms with van der Waals surface area (Å²) in [6, 6.07) is 5.73. The molecule has 0 aromatic heterocycles. The van der Waals surface area contributed by atoms with Gasteiger partial charge in [-0.3, -0.25) is 0 Å². The third-order valence-electron chi connectivity index (χ3n) is 2.97. The largest absolute Gasteiger partial charge is 0.309 e. The summed E-state index contributed by atoms with van der Waals surface area (Å²) in [5.41, 5.74) is 1.11. The minimum Gasteiger partial charge on any atom is -0.309 e. The summed E-state index contributed by atoms with van der Waals surface area (Å²) in [4.78, 5) is 2.32. The van der Waals surface area contributed by atoms with E-state index in [2.05, 4.69) is 33.2 Å². The van der Waals surface area contributed by atoms with E-state index in [4.69, 9.17) is 0 Å². The van der Waals surface area contributed by atoms with E-state index >= 15 is 0 Å². The van der Waals surface area contributed by atoms with Crippen LogP contribution in [0.1, 0.15) is 12.0 Å². The topological polar surface area (TPSA) is 15.3 Å². The quantitative estimate of drug-likeness (QED) is 0.918. The average Bonchev–Trinajstić information content (AvgIpc) is 2.66. The van der Waals surface area contributed by atoms with Crippen LogP contribution in [-0.2, 0) is 6.54 Å². The van der Waals surface area contributed by atoms with Gasteiger partial charge in [0.1, 0.15) is 5.82 Å². The van der Waals surface area contributed by atoms with Crippen LogP contribution in [0.4, 0.5) is 4.39 Å². The molecule has 2 nitrogen and oxygen atoms in total. The van der Waals surface area contributed by atoms with Gasteiger partial charge in [-0.05, 0) is 53.6 Å². The van der Waals surface area contributed by atoms with E-state index in [1.807, 2.05) is 12.1 Å². The van der Waals surface area contributed by atoms with E-state index in [9.17, 15) is 4.39 Å². The minimum atomic E-state index is -0.204. The second-order valence-electron chi connectivity index (χ2n) is 4.38. The molecule has 1 heterocycles. The van der Waals surface area contributed by atoms with Gasteiger partial charge in [0.2, 0.25) is 0 Å². The SMILES string of the molecule is CN1CCC(NCc2ccc(F)c(Br)c2)C1. The molecule has 1 atom stereocenters. The van der Waals surface area contributed by atoms with Crippen LogP contribution < -0.4 is 5.32 Å². The Morgan fingerprint density at radius 2 is 2.38 bits per heavy atom. The lowest BCUT2D eigenvalue weighted by atomic mass is 10.2. The van der Waals surface area contributed by atoms with Crippen molar-refractivity contribution in [3.05, 3.63) is 34.1 Å². The van der Waals surface area contributed by atoms with Crippen molar-refractivity contribution < 1.29 is 4.39 Å². The summed E-state index contributed by atoms with van der Waals surface area (Å²) in [5.74, 6) is -0.204. The van der Waals surface area contributed by atoms with Gasteiger partial charge in [-0.1, -0.05) is 6.07 Å². The van der Waals surface area contributed by atoms with Gasteiger partial charge in [0.25, 0.3) is 0 Å². The number of hydrogen-bond acceptors (Lipinski definition) is 2. The molecular formula is C12H16BrFN2. The number of hydrogen-bond donors (Lipinski definition) is 1. The standard InChI is InChI=1S/C12H16BrFN2/c1-16-5-4-10(8-16)15-7-9-2-3-12(14)11(13)6-9/h2-3,6,10,15H,4-5,7-8H2,1H3. The second kappa shape index (κ2) is 5.25. The fraction of sp³-hybridized carbons (Fsp3) is 0.500. The van der Waals surface area contributed by atoms with E-state index < -0.39 is 0 Å².